The summed E-state index contributed by atoms with van der Waals surface area (Å²) in [5, 5.41) is 5.53. The van der Waals surface area contributed by atoms with E-state index in [9.17, 15) is 8.78 Å². The molecule has 0 saturated heterocycles. The third kappa shape index (κ3) is 2.90. The third-order valence-electron chi connectivity index (χ3n) is 1.95. The summed E-state index contributed by atoms with van der Waals surface area (Å²) < 4.78 is 26.3. The van der Waals surface area contributed by atoms with E-state index >= 15 is 0 Å². The lowest BCUT2D eigenvalue weighted by Crippen LogP contribution is -2.34. The van der Waals surface area contributed by atoms with E-state index in [4.69, 9.17) is 0 Å². The van der Waals surface area contributed by atoms with Crippen LogP contribution in [0.5, 0.6) is 0 Å². The second-order valence-electron chi connectivity index (χ2n) is 2.88. The van der Waals surface area contributed by atoms with Gasteiger partial charge in [0.25, 0.3) is 0 Å². The zero-order valence-electron chi connectivity index (χ0n) is 8.64. The Bertz CT molecular complexity index is 343. The van der Waals surface area contributed by atoms with Crippen molar-refractivity contribution < 1.29 is 8.78 Å². The van der Waals surface area contributed by atoms with Gasteiger partial charge >= 0.3 is 0 Å². The van der Waals surface area contributed by atoms with E-state index in [0.29, 0.717) is 5.96 Å². The molecule has 0 aromatic heterocycles. The molecular weight excluding hydrogens is 200 g/mol. The number of hydrogen-bond acceptors (Lipinski definition) is 1. The highest BCUT2D eigenvalue weighted by molar-refractivity contribution is 5.79. The summed E-state index contributed by atoms with van der Waals surface area (Å²) in [6.45, 7) is 0.0615. The second-order valence-corrected chi connectivity index (χ2v) is 2.88. The van der Waals surface area contributed by atoms with Crippen molar-refractivity contribution in [1.82, 2.24) is 10.6 Å². The van der Waals surface area contributed by atoms with Crippen molar-refractivity contribution in [2.24, 2.45) is 4.99 Å². The number of benzene rings is 1. The predicted octanol–water partition coefficient (Wildman–Crippen LogP) is 1.26. The van der Waals surface area contributed by atoms with Crippen LogP contribution in [0.25, 0.3) is 0 Å². The van der Waals surface area contributed by atoms with Crippen molar-refractivity contribution >= 4 is 5.96 Å². The number of halogens is 2. The summed E-state index contributed by atoms with van der Waals surface area (Å²) in [5.74, 6) is -0.638. The van der Waals surface area contributed by atoms with Gasteiger partial charge in [0.1, 0.15) is 11.6 Å². The number of rotatable bonds is 2. The van der Waals surface area contributed by atoms with Gasteiger partial charge in [-0.2, -0.15) is 0 Å². The van der Waals surface area contributed by atoms with Crippen molar-refractivity contribution in [1.29, 1.82) is 0 Å². The monoisotopic (exact) mass is 213 g/mol. The standard InChI is InChI=1S/C10H13F2N3/c1-13-10(14-2)15-6-7-8(11)4-3-5-9(7)12/h3-5H,6H2,1-2H3,(H2,13,14,15). The quantitative estimate of drug-likeness (QED) is 0.573. The summed E-state index contributed by atoms with van der Waals surface area (Å²) in [6.07, 6.45) is 0. The van der Waals surface area contributed by atoms with Crippen LogP contribution in [-0.4, -0.2) is 20.1 Å². The Morgan fingerprint density at radius 3 is 2.40 bits per heavy atom. The SMILES string of the molecule is CN=C(NC)NCc1c(F)cccc1F. The Hall–Kier alpha value is -1.65. The van der Waals surface area contributed by atoms with Gasteiger partial charge in [-0.3, -0.25) is 4.99 Å². The molecule has 1 rings (SSSR count). The molecule has 0 aliphatic carbocycles. The van der Waals surface area contributed by atoms with Crippen LogP contribution in [0.2, 0.25) is 0 Å². The molecule has 0 fully saturated rings. The minimum Gasteiger partial charge on any atom is -0.359 e. The van der Waals surface area contributed by atoms with E-state index in [-0.39, 0.29) is 12.1 Å². The van der Waals surface area contributed by atoms with Crippen molar-refractivity contribution in [3.05, 3.63) is 35.4 Å². The van der Waals surface area contributed by atoms with E-state index in [1.54, 1.807) is 14.1 Å². The van der Waals surface area contributed by atoms with Gasteiger partial charge in [0.05, 0.1) is 0 Å². The second kappa shape index (κ2) is 5.29. The zero-order valence-corrected chi connectivity index (χ0v) is 8.64. The number of hydrogen-bond donors (Lipinski definition) is 2. The normalized spacial score (nSPS) is 11.3. The molecule has 1 aromatic carbocycles. The minimum atomic E-state index is -0.561. The minimum absolute atomic E-state index is 0.00824. The Kier molecular flexibility index (Phi) is 4.03. The van der Waals surface area contributed by atoms with E-state index in [2.05, 4.69) is 15.6 Å². The summed E-state index contributed by atoms with van der Waals surface area (Å²) in [4.78, 5) is 3.83. The summed E-state index contributed by atoms with van der Waals surface area (Å²) in [7, 11) is 3.25. The number of nitrogens with one attached hydrogen (secondary N) is 2. The molecule has 0 heterocycles. The first-order valence-electron chi connectivity index (χ1n) is 4.50. The van der Waals surface area contributed by atoms with E-state index in [1.807, 2.05) is 0 Å². The molecule has 82 valence electrons. The fraction of sp³-hybridized carbons (Fsp3) is 0.300. The highest BCUT2D eigenvalue weighted by Crippen LogP contribution is 2.11. The average Bonchev–Trinajstić information content (AvgIpc) is 2.23. The van der Waals surface area contributed by atoms with Gasteiger partial charge in [-0.1, -0.05) is 6.07 Å². The number of nitrogens with zero attached hydrogens (tertiary/aromatic N) is 1. The molecule has 0 radical (unpaired) electrons. The fourth-order valence-electron chi connectivity index (χ4n) is 1.15. The van der Waals surface area contributed by atoms with Crippen molar-refractivity contribution in [2.75, 3.05) is 14.1 Å². The molecular formula is C10H13F2N3. The Balaban J connectivity index is 2.73. The molecule has 0 aliphatic rings. The molecule has 0 bridgehead atoms. The van der Waals surface area contributed by atoms with Gasteiger partial charge in [-0.25, -0.2) is 8.78 Å². The van der Waals surface area contributed by atoms with E-state index in [1.165, 1.54) is 18.2 Å². The van der Waals surface area contributed by atoms with Gasteiger partial charge in [0, 0.05) is 26.2 Å². The van der Waals surface area contributed by atoms with Gasteiger partial charge in [-0.05, 0) is 12.1 Å². The third-order valence-corrected chi connectivity index (χ3v) is 1.95. The van der Waals surface area contributed by atoms with Gasteiger partial charge in [0.15, 0.2) is 5.96 Å². The summed E-state index contributed by atoms with van der Waals surface area (Å²) in [5.41, 5.74) is 0.00824. The van der Waals surface area contributed by atoms with Crippen LogP contribution in [0.15, 0.2) is 23.2 Å². The maximum absolute atomic E-state index is 13.2. The first-order chi connectivity index (χ1) is 7.19. The molecule has 0 amide bonds. The molecule has 2 N–H and O–H groups in total. The zero-order chi connectivity index (χ0) is 11.3. The lowest BCUT2D eigenvalue weighted by Gasteiger charge is -2.09. The average molecular weight is 213 g/mol. The highest BCUT2D eigenvalue weighted by Gasteiger charge is 2.07. The number of aliphatic imine (C=N–C) groups is 1. The van der Waals surface area contributed by atoms with Crippen LogP contribution < -0.4 is 10.6 Å². The molecule has 15 heavy (non-hydrogen) atoms. The van der Waals surface area contributed by atoms with E-state index in [0.717, 1.165) is 0 Å². The topological polar surface area (TPSA) is 36.4 Å². The Morgan fingerprint density at radius 1 is 1.33 bits per heavy atom. The van der Waals surface area contributed by atoms with Crippen LogP contribution in [0.3, 0.4) is 0 Å². The first-order valence-corrected chi connectivity index (χ1v) is 4.50. The molecule has 0 unspecified atom stereocenters. The maximum atomic E-state index is 13.2. The Labute approximate surface area is 87.2 Å². The number of guanidine groups is 1. The molecule has 1 aromatic rings. The molecule has 0 aliphatic heterocycles. The molecule has 0 spiro atoms. The van der Waals surface area contributed by atoms with Crippen molar-refractivity contribution in [3.63, 3.8) is 0 Å². The van der Waals surface area contributed by atoms with Crippen LogP contribution in [0, 0.1) is 11.6 Å². The highest BCUT2D eigenvalue weighted by atomic mass is 19.1. The Morgan fingerprint density at radius 2 is 1.93 bits per heavy atom. The maximum Gasteiger partial charge on any atom is 0.190 e. The van der Waals surface area contributed by atoms with Crippen LogP contribution in [0.1, 0.15) is 5.56 Å². The van der Waals surface area contributed by atoms with Crippen LogP contribution in [0.4, 0.5) is 8.78 Å². The van der Waals surface area contributed by atoms with Crippen LogP contribution in [-0.2, 0) is 6.54 Å². The van der Waals surface area contributed by atoms with Gasteiger partial charge < -0.3 is 10.6 Å². The predicted molar refractivity (Wildman–Crippen MR) is 55.6 cm³/mol. The largest absolute Gasteiger partial charge is 0.359 e. The van der Waals surface area contributed by atoms with Gasteiger partial charge in [0.2, 0.25) is 0 Å². The van der Waals surface area contributed by atoms with Crippen LogP contribution >= 0.6 is 0 Å². The molecule has 3 nitrogen and oxygen atoms in total. The van der Waals surface area contributed by atoms with Crippen molar-refractivity contribution in [2.45, 2.75) is 6.54 Å². The van der Waals surface area contributed by atoms with E-state index < -0.39 is 11.6 Å². The summed E-state index contributed by atoms with van der Waals surface area (Å²) >= 11 is 0. The molecule has 0 atom stereocenters. The van der Waals surface area contributed by atoms with Crippen molar-refractivity contribution in [3.8, 4) is 0 Å². The molecule has 5 heteroatoms. The summed E-state index contributed by atoms with van der Waals surface area (Å²) in [6, 6.07) is 3.78. The lowest BCUT2D eigenvalue weighted by atomic mass is 10.2. The lowest BCUT2D eigenvalue weighted by molar-refractivity contribution is 0.550. The molecule has 0 saturated carbocycles. The van der Waals surface area contributed by atoms with Gasteiger partial charge in [-0.15, -0.1) is 0 Å². The smallest absolute Gasteiger partial charge is 0.190 e. The first kappa shape index (κ1) is 11.4. The fourth-order valence-corrected chi connectivity index (χ4v) is 1.15.